The van der Waals surface area contributed by atoms with E-state index in [1.54, 1.807) is 0 Å². The molecule has 0 aromatic carbocycles. The van der Waals surface area contributed by atoms with Crippen molar-refractivity contribution in [3.63, 3.8) is 0 Å². The Kier molecular flexibility index (Phi) is 18.8. The van der Waals surface area contributed by atoms with Crippen LogP contribution in [0.5, 0.6) is 0 Å². The molecule has 1 atom stereocenters. The first-order valence-corrected chi connectivity index (χ1v) is 9.77. The zero-order valence-electron chi connectivity index (χ0n) is 15.2. The van der Waals surface area contributed by atoms with Crippen molar-refractivity contribution in [1.29, 1.82) is 0 Å². The maximum absolute atomic E-state index is 9.72. The molecular formula is C19H41NO2. The van der Waals surface area contributed by atoms with Gasteiger partial charge in [-0.05, 0) is 19.4 Å². The summed E-state index contributed by atoms with van der Waals surface area (Å²) in [5.74, 6) is 0. The highest BCUT2D eigenvalue weighted by Crippen LogP contribution is 2.10. The fourth-order valence-electron chi connectivity index (χ4n) is 2.53. The summed E-state index contributed by atoms with van der Waals surface area (Å²) in [4.78, 5) is 0. The Morgan fingerprint density at radius 2 is 1.32 bits per heavy atom. The summed E-state index contributed by atoms with van der Waals surface area (Å²) in [5, 5.41) is 13.0. The Labute approximate surface area is 139 Å². The number of unbranched alkanes of at least 4 members (excludes halogenated alkanes) is 10. The second-order valence-corrected chi connectivity index (χ2v) is 6.47. The summed E-state index contributed by atoms with van der Waals surface area (Å²) in [7, 11) is 0. The SMILES string of the molecule is CCCCCCCCCCCCNCC(O)COCCCC. The van der Waals surface area contributed by atoms with E-state index in [9.17, 15) is 5.11 Å². The molecule has 0 fully saturated rings. The van der Waals surface area contributed by atoms with Crippen molar-refractivity contribution in [1.82, 2.24) is 5.32 Å². The van der Waals surface area contributed by atoms with Crippen molar-refractivity contribution < 1.29 is 9.84 Å². The molecule has 0 radical (unpaired) electrons. The van der Waals surface area contributed by atoms with E-state index in [0.29, 0.717) is 13.2 Å². The molecule has 134 valence electrons. The maximum Gasteiger partial charge on any atom is 0.0897 e. The van der Waals surface area contributed by atoms with Gasteiger partial charge in [-0.2, -0.15) is 0 Å². The van der Waals surface area contributed by atoms with Crippen LogP contribution in [0.1, 0.15) is 90.9 Å². The normalized spacial score (nSPS) is 12.7. The Bertz CT molecular complexity index is 200. The van der Waals surface area contributed by atoms with Gasteiger partial charge in [0.1, 0.15) is 0 Å². The molecule has 0 aliphatic rings. The molecule has 0 amide bonds. The molecule has 0 aromatic rings. The first kappa shape index (κ1) is 21.9. The fourth-order valence-corrected chi connectivity index (χ4v) is 2.53. The van der Waals surface area contributed by atoms with Crippen LogP contribution in [0.4, 0.5) is 0 Å². The smallest absolute Gasteiger partial charge is 0.0897 e. The molecule has 0 spiro atoms. The third-order valence-electron chi connectivity index (χ3n) is 4.04. The molecule has 2 N–H and O–H groups in total. The van der Waals surface area contributed by atoms with Crippen LogP contribution in [0.3, 0.4) is 0 Å². The number of nitrogens with one attached hydrogen (secondary N) is 1. The number of ether oxygens (including phenoxy) is 1. The minimum atomic E-state index is -0.361. The number of hydrogen-bond acceptors (Lipinski definition) is 3. The van der Waals surface area contributed by atoms with Gasteiger partial charge in [-0.3, -0.25) is 0 Å². The summed E-state index contributed by atoms with van der Waals surface area (Å²) in [6, 6.07) is 0. The van der Waals surface area contributed by atoms with Gasteiger partial charge in [-0.1, -0.05) is 78.1 Å². The van der Waals surface area contributed by atoms with E-state index < -0.39 is 0 Å². The highest BCUT2D eigenvalue weighted by Gasteiger charge is 2.02. The van der Waals surface area contributed by atoms with Crippen LogP contribution in [-0.2, 0) is 4.74 Å². The largest absolute Gasteiger partial charge is 0.389 e. The van der Waals surface area contributed by atoms with Gasteiger partial charge in [0.25, 0.3) is 0 Å². The number of aliphatic hydroxyl groups excluding tert-OH is 1. The molecule has 0 rings (SSSR count). The molecule has 22 heavy (non-hydrogen) atoms. The summed E-state index contributed by atoms with van der Waals surface area (Å²) in [5.41, 5.74) is 0. The lowest BCUT2D eigenvalue weighted by Crippen LogP contribution is -2.31. The van der Waals surface area contributed by atoms with Gasteiger partial charge < -0.3 is 15.2 Å². The Balaban J connectivity index is 3.07. The van der Waals surface area contributed by atoms with E-state index in [1.807, 2.05) is 0 Å². The van der Waals surface area contributed by atoms with E-state index >= 15 is 0 Å². The van der Waals surface area contributed by atoms with Crippen molar-refractivity contribution in [3.8, 4) is 0 Å². The Morgan fingerprint density at radius 3 is 1.91 bits per heavy atom. The Morgan fingerprint density at radius 1 is 0.773 bits per heavy atom. The van der Waals surface area contributed by atoms with Crippen LogP contribution in [0.25, 0.3) is 0 Å². The lowest BCUT2D eigenvalue weighted by Gasteiger charge is -2.12. The van der Waals surface area contributed by atoms with E-state index in [1.165, 1.54) is 64.2 Å². The quantitative estimate of drug-likeness (QED) is 0.361. The predicted molar refractivity (Wildman–Crippen MR) is 96.4 cm³/mol. The number of aliphatic hydroxyl groups is 1. The van der Waals surface area contributed by atoms with Crippen molar-refractivity contribution >= 4 is 0 Å². The van der Waals surface area contributed by atoms with E-state index in [2.05, 4.69) is 19.2 Å². The molecule has 0 aliphatic carbocycles. The first-order chi connectivity index (χ1) is 10.8. The van der Waals surface area contributed by atoms with Crippen molar-refractivity contribution in [3.05, 3.63) is 0 Å². The van der Waals surface area contributed by atoms with Gasteiger partial charge in [0.15, 0.2) is 0 Å². The topological polar surface area (TPSA) is 41.5 Å². The van der Waals surface area contributed by atoms with E-state index in [-0.39, 0.29) is 6.10 Å². The summed E-state index contributed by atoms with van der Waals surface area (Å²) < 4.78 is 5.40. The average molecular weight is 316 g/mol. The van der Waals surface area contributed by atoms with Crippen molar-refractivity contribution in [2.24, 2.45) is 0 Å². The minimum absolute atomic E-state index is 0.361. The second-order valence-electron chi connectivity index (χ2n) is 6.47. The highest BCUT2D eigenvalue weighted by atomic mass is 16.5. The molecule has 0 aliphatic heterocycles. The van der Waals surface area contributed by atoms with Crippen LogP contribution >= 0.6 is 0 Å². The zero-order valence-corrected chi connectivity index (χ0v) is 15.2. The Hall–Kier alpha value is -0.120. The van der Waals surface area contributed by atoms with Crippen LogP contribution in [-0.4, -0.2) is 37.5 Å². The standard InChI is InChI=1S/C19H41NO2/c1-3-5-7-8-9-10-11-12-13-14-15-20-17-19(21)18-22-16-6-4-2/h19-21H,3-18H2,1-2H3. The van der Waals surface area contributed by atoms with Crippen LogP contribution in [0.2, 0.25) is 0 Å². The molecular weight excluding hydrogens is 274 g/mol. The second kappa shape index (κ2) is 18.9. The monoisotopic (exact) mass is 315 g/mol. The molecule has 1 unspecified atom stereocenters. The van der Waals surface area contributed by atoms with Gasteiger partial charge in [0.2, 0.25) is 0 Å². The zero-order chi connectivity index (χ0) is 16.3. The fraction of sp³-hybridized carbons (Fsp3) is 1.00. The van der Waals surface area contributed by atoms with E-state index in [0.717, 1.165) is 26.0 Å². The third kappa shape index (κ3) is 17.9. The van der Waals surface area contributed by atoms with Crippen molar-refractivity contribution in [2.45, 2.75) is 97.0 Å². The van der Waals surface area contributed by atoms with Gasteiger partial charge in [0.05, 0.1) is 12.7 Å². The summed E-state index contributed by atoms with van der Waals surface area (Å²) in [6.45, 7) is 7.32. The van der Waals surface area contributed by atoms with Gasteiger partial charge in [-0.15, -0.1) is 0 Å². The van der Waals surface area contributed by atoms with E-state index in [4.69, 9.17) is 4.74 Å². The molecule has 0 bridgehead atoms. The molecule has 0 saturated carbocycles. The maximum atomic E-state index is 9.72. The van der Waals surface area contributed by atoms with Crippen LogP contribution < -0.4 is 5.32 Å². The predicted octanol–water partition coefficient (Wildman–Crippen LogP) is 4.67. The number of rotatable bonds is 18. The van der Waals surface area contributed by atoms with Crippen LogP contribution in [0, 0.1) is 0 Å². The van der Waals surface area contributed by atoms with Crippen LogP contribution in [0.15, 0.2) is 0 Å². The number of hydrogen-bond donors (Lipinski definition) is 2. The van der Waals surface area contributed by atoms with Gasteiger partial charge in [0, 0.05) is 13.2 Å². The molecule has 3 heteroatoms. The summed E-state index contributed by atoms with van der Waals surface area (Å²) in [6.07, 6.45) is 15.6. The minimum Gasteiger partial charge on any atom is -0.389 e. The lowest BCUT2D eigenvalue weighted by atomic mass is 10.1. The molecule has 0 aromatic heterocycles. The van der Waals surface area contributed by atoms with Crippen molar-refractivity contribution in [2.75, 3.05) is 26.3 Å². The van der Waals surface area contributed by atoms with Gasteiger partial charge >= 0.3 is 0 Å². The third-order valence-corrected chi connectivity index (χ3v) is 4.04. The molecule has 3 nitrogen and oxygen atoms in total. The van der Waals surface area contributed by atoms with Gasteiger partial charge in [-0.25, -0.2) is 0 Å². The lowest BCUT2D eigenvalue weighted by molar-refractivity contribution is 0.0360. The average Bonchev–Trinajstić information content (AvgIpc) is 2.52. The molecule has 0 heterocycles. The first-order valence-electron chi connectivity index (χ1n) is 9.77. The molecule has 0 saturated heterocycles. The highest BCUT2D eigenvalue weighted by molar-refractivity contribution is 4.58. The summed E-state index contributed by atoms with van der Waals surface area (Å²) >= 11 is 0.